The summed E-state index contributed by atoms with van der Waals surface area (Å²) in [5.74, 6) is 1.15. The molecule has 3 aliphatic rings. The van der Waals surface area contributed by atoms with E-state index in [1.54, 1.807) is 0 Å². The van der Waals surface area contributed by atoms with Gasteiger partial charge in [-0.1, -0.05) is 19.3 Å². The van der Waals surface area contributed by atoms with Crippen molar-refractivity contribution in [1.82, 2.24) is 4.90 Å². The molecule has 0 spiro atoms. The standard InChI is InChI=1S/C23H35N3O/c1-3-25(20-7-5-4-6-8-20)23(27)17(2)24-19-10-13-21(14-11-19)26-16-18-9-12-22(26)15-18/h10-11,13-14,17-18,20,22,24H,3-9,12,15-16H2,1-2H3. The molecule has 2 saturated carbocycles. The molecular formula is C23H35N3O. The van der Waals surface area contributed by atoms with Gasteiger partial charge < -0.3 is 15.1 Å². The molecule has 1 aliphatic heterocycles. The van der Waals surface area contributed by atoms with Gasteiger partial charge in [0.05, 0.1) is 0 Å². The van der Waals surface area contributed by atoms with Gasteiger partial charge in [0.15, 0.2) is 0 Å². The fourth-order valence-electron chi connectivity index (χ4n) is 5.54. The molecule has 1 saturated heterocycles. The third-order valence-electron chi connectivity index (χ3n) is 7.00. The number of likely N-dealkylation sites (N-methyl/N-ethyl adjacent to an activating group) is 1. The minimum Gasteiger partial charge on any atom is -0.374 e. The highest BCUT2D eigenvalue weighted by molar-refractivity contribution is 5.84. The zero-order valence-corrected chi connectivity index (χ0v) is 17.0. The van der Waals surface area contributed by atoms with Crippen LogP contribution in [0.5, 0.6) is 0 Å². The van der Waals surface area contributed by atoms with Crippen LogP contribution in [-0.4, -0.2) is 42.0 Å². The lowest BCUT2D eigenvalue weighted by Gasteiger charge is -2.35. The largest absolute Gasteiger partial charge is 0.374 e. The highest BCUT2D eigenvalue weighted by atomic mass is 16.2. The molecule has 3 fully saturated rings. The molecule has 148 valence electrons. The number of carbonyl (C=O) groups is 1. The SMILES string of the molecule is CCN(C(=O)C(C)Nc1ccc(N2CC3CCC2C3)cc1)C1CCCCC1. The quantitative estimate of drug-likeness (QED) is 0.792. The normalized spacial score (nSPS) is 26.2. The Balaban J connectivity index is 1.35. The topological polar surface area (TPSA) is 35.6 Å². The number of hydrogen-bond acceptors (Lipinski definition) is 3. The van der Waals surface area contributed by atoms with Crippen molar-refractivity contribution >= 4 is 17.3 Å². The lowest BCUT2D eigenvalue weighted by atomic mass is 9.94. The minimum absolute atomic E-state index is 0.180. The van der Waals surface area contributed by atoms with Crippen molar-refractivity contribution in [3.63, 3.8) is 0 Å². The van der Waals surface area contributed by atoms with Gasteiger partial charge in [0.25, 0.3) is 0 Å². The Bertz CT molecular complexity index is 638. The number of anilines is 2. The molecule has 27 heavy (non-hydrogen) atoms. The first-order valence-electron chi connectivity index (χ1n) is 11.1. The molecule has 4 heteroatoms. The van der Waals surface area contributed by atoms with E-state index in [1.165, 1.54) is 63.6 Å². The third kappa shape index (κ3) is 3.95. The van der Waals surface area contributed by atoms with Gasteiger partial charge >= 0.3 is 0 Å². The molecule has 0 radical (unpaired) electrons. The summed E-state index contributed by atoms with van der Waals surface area (Å²) in [6, 6.07) is 9.74. The summed E-state index contributed by atoms with van der Waals surface area (Å²) in [5.41, 5.74) is 2.38. The highest BCUT2D eigenvalue weighted by Crippen LogP contribution is 2.40. The van der Waals surface area contributed by atoms with Gasteiger partial charge in [-0.25, -0.2) is 0 Å². The van der Waals surface area contributed by atoms with E-state index in [-0.39, 0.29) is 11.9 Å². The lowest BCUT2D eigenvalue weighted by molar-refractivity contribution is -0.134. The summed E-state index contributed by atoms with van der Waals surface area (Å²) in [7, 11) is 0. The van der Waals surface area contributed by atoms with Crippen LogP contribution in [0.4, 0.5) is 11.4 Å². The average Bonchev–Trinajstić information content (AvgIpc) is 3.33. The average molecular weight is 370 g/mol. The van der Waals surface area contributed by atoms with Crippen molar-refractivity contribution < 1.29 is 4.79 Å². The van der Waals surface area contributed by atoms with E-state index in [9.17, 15) is 4.79 Å². The predicted molar refractivity (Wildman–Crippen MR) is 112 cm³/mol. The molecule has 1 N–H and O–H groups in total. The first kappa shape index (κ1) is 18.6. The van der Waals surface area contributed by atoms with Crippen molar-refractivity contribution in [2.75, 3.05) is 23.3 Å². The molecule has 3 atom stereocenters. The van der Waals surface area contributed by atoms with Gasteiger partial charge in [-0.15, -0.1) is 0 Å². The van der Waals surface area contributed by atoms with Crippen LogP contribution in [0.25, 0.3) is 0 Å². The summed E-state index contributed by atoms with van der Waals surface area (Å²) in [6.07, 6.45) is 10.3. The molecule has 2 bridgehead atoms. The van der Waals surface area contributed by atoms with Crippen LogP contribution in [-0.2, 0) is 4.79 Å². The van der Waals surface area contributed by atoms with Crippen LogP contribution < -0.4 is 10.2 Å². The Hall–Kier alpha value is -1.71. The van der Waals surface area contributed by atoms with E-state index < -0.39 is 0 Å². The van der Waals surface area contributed by atoms with Crippen LogP contribution in [0.3, 0.4) is 0 Å². The molecular weight excluding hydrogens is 334 g/mol. The van der Waals surface area contributed by atoms with Gasteiger partial charge in [-0.3, -0.25) is 4.79 Å². The molecule has 2 aliphatic carbocycles. The monoisotopic (exact) mass is 369 g/mol. The molecule has 1 aromatic rings. The lowest BCUT2D eigenvalue weighted by Crippen LogP contribution is -2.47. The molecule has 1 aromatic carbocycles. The number of hydrogen-bond donors (Lipinski definition) is 1. The number of piperidine rings is 1. The molecule has 1 heterocycles. The van der Waals surface area contributed by atoms with Gasteiger partial charge in [0, 0.05) is 36.5 Å². The number of rotatable bonds is 6. The van der Waals surface area contributed by atoms with Crippen molar-refractivity contribution in [3.05, 3.63) is 24.3 Å². The second kappa shape index (κ2) is 8.12. The number of benzene rings is 1. The Morgan fingerprint density at radius 2 is 1.89 bits per heavy atom. The smallest absolute Gasteiger partial charge is 0.245 e. The summed E-state index contributed by atoms with van der Waals surface area (Å²) < 4.78 is 0. The maximum Gasteiger partial charge on any atom is 0.245 e. The van der Waals surface area contributed by atoms with E-state index in [0.717, 1.165) is 24.2 Å². The Kier molecular flexibility index (Phi) is 5.60. The second-order valence-corrected chi connectivity index (χ2v) is 8.81. The first-order chi connectivity index (χ1) is 13.2. The Morgan fingerprint density at radius 1 is 1.15 bits per heavy atom. The first-order valence-corrected chi connectivity index (χ1v) is 11.1. The molecule has 4 rings (SSSR count). The van der Waals surface area contributed by atoms with Crippen molar-refractivity contribution in [1.29, 1.82) is 0 Å². The van der Waals surface area contributed by atoms with E-state index in [0.29, 0.717) is 6.04 Å². The van der Waals surface area contributed by atoms with E-state index in [2.05, 4.69) is 46.3 Å². The van der Waals surface area contributed by atoms with Gasteiger partial charge in [-0.2, -0.15) is 0 Å². The third-order valence-corrected chi connectivity index (χ3v) is 7.00. The van der Waals surface area contributed by atoms with Gasteiger partial charge in [0.1, 0.15) is 6.04 Å². The number of carbonyl (C=O) groups excluding carboxylic acids is 1. The van der Waals surface area contributed by atoms with Crippen LogP contribution >= 0.6 is 0 Å². The Morgan fingerprint density at radius 3 is 2.48 bits per heavy atom. The number of nitrogens with zero attached hydrogens (tertiary/aromatic N) is 2. The van der Waals surface area contributed by atoms with Crippen LogP contribution in [0.1, 0.15) is 65.2 Å². The minimum atomic E-state index is -0.180. The number of amides is 1. The van der Waals surface area contributed by atoms with Crippen molar-refractivity contribution in [3.8, 4) is 0 Å². The molecule has 1 amide bonds. The number of fused-ring (bicyclic) bond motifs is 2. The highest BCUT2D eigenvalue weighted by Gasteiger charge is 2.37. The summed E-state index contributed by atoms with van der Waals surface area (Å²) in [4.78, 5) is 17.7. The van der Waals surface area contributed by atoms with Gasteiger partial charge in [-0.05, 0) is 76.1 Å². The fraction of sp³-hybridized carbons (Fsp3) is 0.696. The van der Waals surface area contributed by atoms with Crippen LogP contribution in [0.15, 0.2) is 24.3 Å². The summed E-state index contributed by atoms with van der Waals surface area (Å²) in [6.45, 7) is 6.14. The number of nitrogens with one attached hydrogen (secondary N) is 1. The molecule has 3 unspecified atom stereocenters. The maximum absolute atomic E-state index is 13.0. The molecule has 4 nitrogen and oxygen atoms in total. The van der Waals surface area contributed by atoms with Crippen molar-refractivity contribution in [2.45, 2.75) is 83.3 Å². The molecule has 0 aromatic heterocycles. The zero-order chi connectivity index (χ0) is 18.8. The van der Waals surface area contributed by atoms with E-state index in [1.807, 2.05) is 6.92 Å². The van der Waals surface area contributed by atoms with Crippen LogP contribution in [0.2, 0.25) is 0 Å². The van der Waals surface area contributed by atoms with Crippen LogP contribution in [0, 0.1) is 5.92 Å². The van der Waals surface area contributed by atoms with E-state index in [4.69, 9.17) is 0 Å². The van der Waals surface area contributed by atoms with Gasteiger partial charge in [0.2, 0.25) is 5.91 Å². The zero-order valence-electron chi connectivity index (χ0n) is 17.0. The van der Waals surface area contributed by atoms with Crippen molar-refractivity contribution in [2.24, 2.45) is 5.92 Å². The maximum atomic E-state index is 13.0. The predicted octanol–water partition coefficient (Wildman–Crippen LogP) is 4.66. The summed E-state index contributed by atoms with van der Waals surface area (Å²) in [5, 5.41) is 3.44. The Labute approximate surface area is 164 Å². The summed E-state index contributed by atoms with van der Waals surface area (Å²) >= 11 is 0. The fourth-order valence-corrected chi connectivity index (χ4v) is 5.54. The second-order valence-electron chi connectivity index (χ2n) is 8.81. The van der Waals surface area contributed by atoms with E-state index >= 15 is 0 Å².